The number of amides is 3. The molecule has 0 spiro atoms. The van der Waals surface area contributed by atoms with Crippen LogP contribution in [0.3, 0.4) is 0 Å². The van der Waals surface area contributed by atoms with Gasteiger partial charge in [-0.1, -0.05) is 23.2 Å². The maximum atomic E-state index is 11.0. The molecule has 1 rings (SSSR count). The van der Waals surface area contributed by atoms with Crippen molar-refractivity contribution < 1.29 is 9.59 Å². The van der Waals surface area contributed by atoms with E-state index < -0.39 is 11.9 Å². The third-order valence-corrected chi connectivity index (χ3v) is 1.71. The third kappa shape index (κ3) is 2.33. The number of H-pyrrole nitrogens is 1. The molecule has 0 aliphatic heterocycles. The number of carbonyl (C=O) groups is 2. The summed E-state index contributed by atoms with van der Waals surface area (Å²) in [5, 5.41) is 1.77. The van der Waals surface area contributed by atoms with Gasteiger partial charge in [0.15, 0.2) is 11.0 Å². The molecule has 0 bridgehead atoms. The molecule has 0 atom stereocenters. The number of rotatable bonds is 1. The van der Waals surface area contributed by atoms with E-state index in [1.165, 1.54) is 0 Å². The van der Waals surface area contributed by atoms with E-state index >= 15 is 0 Å². The Labute approximate surface area is 82.4 Å². The molecule has 3 amide bonds. The van der Waals surface area contributed by atoms with Crippen molar-refractivity contribution in [3.05, 3.63) is 16.1 Å². The molecule has 6 nitrogen and oxygen atoms in total. The van der Waals surface area contributed by atoms with E-state index in [1.54, 1.807) is 5.32 Å². The van der Waals surface area contributed by atoms with Gasteiger partial charge in [0.25, 0.3) is 5.91 Å². The molecular weight excluding hydrogens is 219 g/mol. The van der Waals surface area contributed by atoms with Crippen LogP contribution in [-0.2, 0) is 0 Å². The minimum atomic E-state index is -0.978. The van der Waals surface area contributed by atoms with E-state index in [9.17, 15) is 9.59 Å². The second-order valence-corrected chi connectivity index (χ2v) is 2.74. The smallest absolute Gasteiger partial charge is 0.319 e. The average Bonchev–Trinajstić information content (AvgIpc) is 2.31. The fourth-order valence-corrected chi connectivity index (χ4v) is 0.873. The summed E-state index contributed by atoms with van der Waals surface area (Å²) < 4.78 is 0. The van der Waals surface area contributed by atoms with Crippen LogP contribution in [-0.4, -0.2) is 21.9 Å². The van der Waals surface area contributed by atoms with Gasteiger partial charge in [0.1, 0.15) is 5.15 Å². The normalized spacial score (nSPS) is 9.69. The van der Waals surface area contributed by atoms with Crippen LogP contribution >= 0.6 is 23.2 Å². The highest BCUT2D eigenvalue weighted by atomic mass is 35.5. The SMILES string of the molecule is NC(=O)NC(=O)c1nc(Cl)c(Cl)[nH]1. The van der Waals surface area contributed by atoms with E-state index in [-0.39, 0.29) is 16.1 Å². The Kier molecular flexibility index (Phi) is 2.74. The second kappa shape index (κ2) is 3.63. The zero-order valence-corrected chi connectivity index (χ0v) is 7.61. The predicted octanol–water partition coefficient (Wildman–Crippen LogP) is 0.525. The van der Waals surface area contributed by atoms with Crippen molar-refractivity contribution in [1.82, 2.24) is 15.3 Å². The van der Waals surface area contributed by atoms with Gasteiger partial charge < -0.3 is 10.7 Å². The average molecular weight is 223 g/mol. The number of aromatic amines is 1. The van der Waals surface area contributed by atoms with Crippen molar-refractivity contribution in [1.29, 1.82) is 0 Å². The summed E-state index contributed by atoms with van der Waals surface area (Å²) in [6.45, 7) is 0. The Morgan fingerprint density at radius 2 is 2.08 bits per heavy atom. The molecule has 0 saturated heterocycles. The summed E-state index contributed by atoms with van der Waals surface area (Å²) in [4.78, 5) is 27.1. The summed E-state index contributed by atoms with van der Waals surface area (Å²) in [5.74, 6) is -0.963. The van der Waals surface area contributed by atoms with Crippen LogP contribution in [0.1, 0.15) is 10.6 Å². The van der Waals surface area contributed by atoms with Crippen LogP contribution in [0.2, 0.25) is 10.3 Å². The van der Waals surface area contributed by atoms with Gasteiger partial charge in [0, 0.05) is 0 Å². The first-order valence-corrected chi connectivity index (χ1v) is 3.78. The van der Waals surface area contributed by atoms with Crippen molar-refractivity contribution in [2.24, 2.45) is 5.73 Å². The monoisotopic (exact) mass is 222 g/mol. The largest absolute Gasteiger partial charge is 0.351 e. The number of hydrogen-bond donors (Lipinski definition) is 3. The highest BCUT2D eigenvalue weighted by Crippen LogP contribution is 2.17. The molecule has 1 aromatic rings. The first-order valence-electron chi connectivity index (χ1n) is 3.02. The van der Waals surface area contributed by atoms with Crippen LogP contribution in [0.4, 0.5) is 4.79 Å². The number of primary amides is 1. The Balaban J connectivity index is 2.83. The predicted molar refractivity (Wildman–Crippen MR) is 45.7 cm³/mol. The molecule has 1 heterocycles. The fraction of sp³-hybridized carbons (Fsp3) is 0. The van der Waals surface area contributed by atoms with E-state index in [4.69, 9.17) is 28.9 Å². The Hall–Kier alpha value is -1.27. The molecule has 0 fully saturated rings. The number of nitrogens with one attached hydrogen (secondary N) is 2. The number of hydrogen-bond acceptors (Lipinski definition) is 3. The van der Waals surface area contributed by atoms with Gasteiger partial charge in [-0.25, -0.2) is 9.78 Å². The number of imide groups is 1. The van der Waals surface area contributed by atoms with Crippen LogP contribution in [0.5, 0.6) is 0 Å². The Morgan fingerprint density at radius 3 is 2.46 bits per heavy atom. The summed E-state index contributed by atoms with van der Waals surface area (Å²) in [6, 6.07) is -0.978. The molecule has 4 N–H and O–H groups in total. The maximum Gasteiger partial charge on any atom is 0.319 e. The molecule has 0 aromatic carbocycles. The number of imidazole rings is 1. The molecule has 0 radical (unpaired) electrons. The summed E-state index contributed by atoms with van der Waals surface area (Å²) >= 11 is 10.9. The highest BCUT2D eigenvalue weighted by Gasteiger charge is 2.14. The first-order chi connectivity index (χ1) is 6.00. The second-order valence-electron chi connectivity index (χ2n) is 2.01. The van der Waals surface area contributed by atoms with Crippen molar-refractivity contribution in [2.45, 2.75) is 0 Å². The van der Waals surface area contributed by atoms with Crippen molar-refractivity contribution in [3.8, 4) is 0 Å². The molecule has 0 saturated carbocycles. The lowest BCUT2D eigenvalue weighted by atomic mass is 10.6. The Bertz CT molecular complexity index is 342. The standard InChI is InChI=1S/C5H4Cl2N4O2/c6-1-2(7)10-3(9-1)4(12)11-5(8)13/h(H,9,10)(H3,8,11,12,13). The van der Waals surface area contributed by atoms with E-state index in [0.717, 1.165) is 0 Å². The zero-order chi connectivity index (χ0) is 10.0. The van der Waals surface area contributed by atoms with Crippen molar-refractivity contribution in [2.75, 3.05) is 0 Å². The number of aromatic nitrogens is 2. The van der Waals surface area contributed by atoms with Crippen molar-refractivity contribution in [3.63, 3.8) is 0 Å². The van der Waals surface area contributed by atoms with E-state index in [1.807, 2.05) is 0 Å². The third-order valence-electron chi connectivity index (χ3n) is 1.07. The molecular formula is C5H4Cl2N4O2. The van der Waals surface area contributed by atoms with Gasteiger partial charge >= 0.3 is 6.03 Å². The lowest BCUT2D eigenvalue weighted by molar-refractivity contribution is 0.0957. The number of nitrogens with two attached hydrogens (primary N) is 1. The van der Waals surface area contributed by atoms with Gasteiger partial charge in [-0.05, 0) is 0 Å². The van der Waals surface area contributed by atoms with Gasteiger partial charge in [0.05, 0.1) is 0 Å². The molecule has 0 aliphatic carbocycles. The Morgan fingerprint density at radius 1 is 1.46 bits per heavy atom. The number of nitrogens with zero attached hydrogens (tertiary/aromatic N) is 1. The molecule has 0 unspecified atom stereocenters. The molecule has 1 aromatic heterocycles. The number of carbonyl (C=O) groups excluding carboxylic acids is 2. The number of halogens is 2. The van der Waals surface area contributed by atoms with Gasteiger partial charge in [-0.2, -0.15) is 0 Å². The van der Waals surface area contributed by atoms with Crippen LogP contribution in [0.15, 0.2) is 0 Å². The zero-order valence-electron chi connectivity index (χ0n) is 6.10. The molecule has 70 valence electrons. The van der Waals surface area contributed by atoms with Gasteiger partial charge in [0.2, 0.25) is 0 Å². The van der Waals surface area contributed by atoms with Crippen molar-refractivity contribution >= 4 is 35.1 Å². The summed E-state index contributed by atoms with van der Waals surface area (Å²) in [5.41, 5.74) is 4.70. The molecule has 0 aliphatic rings. The highest BCUT2D eigenvalue weighted by molar-refractivity contribution is 6.40. The van der Waals surface area contributed by atoms with E-state index in [0.29, 0.717) is 0 Å². The van der Waals surface area contributed by atoms with Gasteiger partial charge in [-0.15, -0.1) is 0 Å². The first kappa shape index (κ1) is 9.82. The topological polar surface area (TPSA) is 101 Å². The molecule has 8 heteroatoms. The fourth-order valence-electron chi connectivity index (χ4n) is 0.609. The van der Waals surface area contributed by atoms with Crippen LogP contribution in [0.25, 0.3) is 0 Å². The quantitative estimate of drug-likeness (QED) is 0.646. The minimum Gasteiger partial charge on any atom is -0.351 e. The minimum absolute atomic E-state index is 0.0243. The van der Waals surface area contributed by atoms with Gasteiger partial charge in [-0.3, -0.25) is 10.1 Å². The summed E-state index contributed by atoms with van der Waals surface area (Å²) in [6.07, 6.45) is 0. The number of urea groups is 1. The van der Waals surface area contributed by atoms with Crippen LogP contribution in [0, 0.1) is 0 Å². The maximum absolute atomic E-state index is 11.0. The lowest BCUT2D eigenvalue weighted by Crippen LogP contribution is -2.35. The molecule has 13 heavy (non-hydrogen) atoms. The van der Waals surface area contributed by atoms with E-state index in [2.05, 4.69) is 9.97 Å². The van der Waals surface area contributed by atoms with Crippen LogP contribution < -0.4 is 11.1 Å². The summed E-state index contributed by atoms with van der Waals surface area (Å²) in [7, 11) is 0. The lowest BCUT2D eigenvalue weighted by Gasteiger charge is -1.94.